The number of likely N-dealkylation sites (tertiary alicyclic amines) is 1. The summed E-state index contributed by atoms with van der Waals surface area (Å²) in [6.45, 7) is -0.125. The van der Waals surface area contributed by atoms with Crippen molar-refractivity contribution in [2.24, 2.45) is 12.5 Å². The maximum absolute atomic E-state index is 13.0. The molecule has 1 N–H and O–H groups in total. The molecule has 1 aliphatic heterocycles. The van der Waals surface area contributed by atoms with Crippen LogP contribution < -0.4 is 0 Å². The molecule has 1 aromatic rings. The molecule has 5 nitrogen and oxygen atoms in total. The predicted molar refractivity (Wildman–Crippen MR) is 59.2 cm³/mol. The van der Waals surface area contributed by atoms with Gasteiger partial charge in [-0.15, -0.1) is 0 Å². The number of alkyl halides is 3. The van der Waals surface area contributed by atoms with Crippen LogP contribution in [-0.4, -0.2) is 45.0 Å². The van der Waals surface area contributed by atoms with Gasteiger partial charge >= 0.3 is 12.1 Å². The fourth-order valence-corrected chi connectivity index (χ4v) is 2.36. The van der Waals surface area contributed by atoms with Crippen molar-refractivity contribution in [3.63, 3.8) is 0 Å². The Morgan fingerprint density at radius 3 is 2.68 bits per heavy atom. The van der Waals surface area contributed by atoms with Crippen molar-refractivity contribution in [1.29, 1.82) is 0 Å². The molecule has 1 atom stereocenters. The molecule has 1 aromatic heterocycles. The van der Waals surface area contributed by atoms with Gasteiger partial charge in [-0.1, -0.05) is 0 Å². The zero-order valence-electron chi connectivity index (χ0n) is 10.3. The Morgan fingerprint density at radius 2 is 2.26 bits per heavy atom. The number of aliphatic carboxylic acids is 1. The lowest BCUT2D eigenvalue weighted by atomic mass is 9.86. The van der Waals surface area contributed by atoms with Gasteiger partial charge < -0.3 is 5.11 Å². The first-order chi connectivity index (χ1) is 8.74. The van der Waals surface area contributed by atoms with Gasteiger partial charge in [0.1, 0.15) is 0 Å². The number of hydrogen-bond donors (Lipinski definition) is 1. The van der Waals surface area contributed by atoms with Crippen LogP contribution in [0.5, 0.6) is 0 Å². The monoisotopic (exact) mass is 277 g/mol. The first-order valence-electron chi connectivity index (χ1n) is 5.74. The van der Waals surface area contributed by atoms with Crippen LogP contribution in [-0.2, 0) is 18.4 Å². The van der Waals surface area contributed by atoms with Crippen molar-refractivity contribution in [3.8, 4) is 0 Å². The molecule has 2 rings (SSSR count). The summed E-state index contributed by atoms with van der Waals surface area (Å²) >= 11 is 0. The molecule has 8 heteroatoms. The van der Waals surface area contributed by atoms with E-state index in [1.54, 1.807) is 24.1 Å². The third-order valence-electron chi connectivity index (χ3n) is 3.46. The number of rotatable bonds is 3. The van der Waals surface area contributed by atoms with Crippen molar-refractivity contribution >= 4 is 5.97 Å². The summed E-state index contributed by atoms with van der Waals surface area (Å²) in [5.41, 5.74) is -1.87. The molecule has 0 radical (unpaired) electrons. The summed E-state index contributed by atoms with van der Waals surface area (Å²) in [6.07, 6.45) is -1.88. The molecule has 106 valence electrons. The lowest BCUT2D eigenvalue weighted by Gasteiger charge is -2.27. The number of carbonyl (C=O) groups is 1. The Morgan fingerprint density at radius 1 is 1.58 bits per heavy atom. The highest BCUT2D eigenvalue weighted by Crippen LogP contribution is 2.45. The van der Waals surface area contributed by atoms with Gasteiger partial charge in [0.2, 0.25) is 0 Å². The third kappa shape index (κ3) is 2.44. The maximum atomic E-state index is 13.0. The van der Waals surface area contributed by atoms with Crippen LogP contribution in [0, 0.1) is 5.41 Å². The van der Waals surface area contributed by atoms with Crippen molar-refractivity contribution in [2.75, 3.05) is 13.1 Å². The zero-order chi connectivity index (χ0) is 14.3. The van der Waals surface area contributed by atoms with E-state index < -0.39 is 30.5 Å². The van der Waals surface area contributed by atoms with Crippen LogP contribution in [0.2, 0.25) is 0 Å². The number of nitrogens with zero attached hydrogens (tertiary/aromatic N) is 3. The van der Waals surface area contributed by atoms with Crippen LogP contribution in [0.4, 0.5) is 13.2 Å². The van der Waals surface area contributed by atoms with Crippen LogP contribution in [0.3, 0.4) is 0 Å². The molecule has 0 aliphatic carbocycles. The summed E-state index contributed by atoms with van der Waals surface area (Å²) in [7, 11) is 1.71. The predicted octanol–water partition coefficient (Wildman–Crippen LogP) is 1.26. The second kappa shape index (κ2) is 4.52. The summed E-state index contributed by atoms with van der Waals surface area (Å²) in [4.78, 5) is 12.5. The van der Waals surface area contributed by atoms with Crippen LogP contribution in [0.1, 0.15) is 12.0 Å². The van der Waals surface area contributed by atoms with E-state index in [-0.39, 0.29) is 13.1 Å². The van der Waals surface area contributed by atoms with E-state index in [1.165, 1.54) is 4.90 Å². The average Bonchev–Trinajstić information content (AvgIpc) is 2.85. The molecule has 1 fully saturated rings. The highest BCUT2D eigenvalue weighted by molar-refractivity contribution is 5.76. The van der Waals surface area contributed by atoms with Gasteiger partial charge in [-0.2, -0.15) is 18.3 Å². The first-order valence-corrected chi connectivity index (χ1v) is 5.74. The van der Waals surface area contributed by atoms with E-state index in [4.69, 9.17) is 5.11 Å². The minimum Gasteiger partial charge on any atom is -0.481 e. The Hall–Kier alpha value is -1.57. The minimum absolute atomic E-state index is 0.112. The van der Waals surface area contributed by atoms with Gasteiger partial charge in [0.25, 0.3) is 0 Å². The molecule has 0 saturated carbocycles. The topological polar surface area (TPSA) is 58.4 Å². The quantitative estimate of drug-likeness (QED) is 0.903. The van der Waals surface area contributed by atoms with Gasteiger partial charge in [0, 0.05) is 38.4 Å². The number of aromatic nitrogens is 2. The van der Waals surface area contributed by atoms with E-state index in [9.17, 15) is 18.0 Å². The van der Waals surface area contributed by atoms with Crippen molar-refractivity contribution in [2.45, 2.75) is 19.1 Å². The molecule has 1 saturated heterocycles. The number of carboxylic acids is 1. The highest BCUT2D eigenvalue weighted by atomic mass is 19.4. The van der Waals surface area contributed by atoms with Crippen molar-refractivity contribution in [1.82, 2.24) is 14.7 Å². The number of aryl methyl sites for hydroxylation is 1. The Labute approximate surface area is 107 Å². The molecular formula is C11H14F3N3O2. The third-order valence-corrected chi connectivity index (χ3v) is 3.46. The first kappa shape index (κ1) is 13.9. The fourth-order valence-electron chi connectivity index (χ4n) is 2.36. The maximum Gasteiger partial charge on any atom is 0.406 e. The Bertz CT molecular complexity index is 486. The van der Waals surface area contributed by atoms with Gasteiger partial charge in [-0.05, 0) is 6.42 Å². The van der Waals surface area contributed by atoms with Crippen LogP contribution in [0.15, 0.2) is 12.4 Å². The van der Waals surface area contributed by atoms with Gasteiger partial charge in [-0.25, -0.2) is 0 Å². The second-order valence-corrected chi connectivity index (χ2v) is 4.87. The largest absolute Gasteiger partial charge is 0.481 e. The molecule has 19 heavy (non-hydrogen) atoms. The highest BCUT2D eigenvalue weighted by Gasteiger charge is 2.63. The molecule has 0 bridgehead atoms. The van der Waals surface area contributed by atoms with Crippen molar-refractivity contribution < 1.29 is 23.1 Å². The van der Waals surface area contributed by atoms with Gasteiger partial charge in [0.05, 0.1) is 6.20 Å². The standard InChI is InChI=1S/C11H14F3N3O2/c1-16-5-8(4-15-16)6-17-3-2-10(7-17,9(18)19)11(12,13)14/h4-5H,2-3,6-7H2,1H3,(H,18,19). The number of carboxylic acid groups (broad SMARTS) is 1. The fraction of sp³-hybridized carbons (Fsp3) is 0.636. The molecule has 0 aromatic carbocycles. The molecular weight excluding hydrogens is 263 g/mol. The Kier molecular flexibility index (Phi) is 3.29. The summed E-state index contributed by atoms with van der Waals surface area (Å²) in [5, 5.41) is 12.9. The molecule has 1 unspecified atom stereocenters. The number of halogens is 3. The molecule has 0 spiro atoms. The van der Waals surface area contributed by atoms with E-state index in [2.05, 4.69) is 5.10 Å². The van der Waals surface area contributed by atoms with E-state index in [1.807, 2.05) is 0 Å². The lowest BCUT2D eigenvalue weighted by molar-refractivity contribution is -0.227. The molecule has 1 aliphatic rings. The van der Waals surface area contributed by atoms with E-state index in [0.717, 1.165) is 5.56 Å². The summed E-state index contributed by atoms with van der Waals surface area (Å²) in [5.74, 6) is -1.80. The zero-order valence-corrected chi connectivity index (χ0v) is 10.3. The Balaban J connectivity index is 2.11. The lowest BCUT2D eigenvalue weighted by Crippen LogP contribution is -2.47. The summed E-state index contributed by atoms with van der Waals surface area (Å²) in [6, 6.07) is 0. The minimum atomic E-state index is -4.73. The van der Waals surface area contributed by atoms with Gasteiger partial charge in [-0.3, -0.25) is 14.4 Å². The second-order valence-electron chi connectivity index (χ2n) is 4.87. The average molecular weight is 277 g/mol. The van der Waals surface area contributed by atoms with Gasteiger partial charge in [0.15, 0.2) is 5.41 Å². The SMILES string of the molecule is Cn1cc(CN2CCC(C(=O)O)(C(F)(F)F)C2)cn1. The van der Waals surface area contributed by atoms with Crippen LogP contribution in [0.25, 0.3) is 0 Å². The molecule has 2 heterocycles. The normalized spacial score (nSPS) is 24.8. The van der Waals surface area contributed by atoms with Crippen LogP contribution >= 0.6 is 0 Å². The van der Waals surface area contributed by atoms with E-state index in [0.29, 0.717) is 0 Å². The van der Waals surface area contributed by atoms with E-state index >= 15 is 0 Å². The molecule has 0 amide bonds. The smallest absolute Gasteiger partial charge is 0.406 e. The summed E-state index contributed by atoms with van der Waals surface area (Å²) < 4.78 is 40.4. The van der Waals surface area contributed by atoms with Crippen molar-refractivity contribution in [3.05, 3.63) is 18.0 Å². The number of hydrogen-bond acceptors (Lipinski definition) is 3.